The maximum Gasteiger partial charge on any atom is 0.0707 e. The zero-order valence-corrected chi connectivity index (χ0v) is 30.1. The Balaban J connectivity index is 1.25. The molecule has 252 valence electrons. The lowest BCUT2D eigenvalue weighted by molar-refractivity contribution is 0.767. The molecule has 1 atom stereocenters. The van der Waals surface area contributed by atoms with E-state index in [0.29, 0.717) is 0 Å². The molecule has 0 spiro atoms. The molecule has 1 unspecified atom stereocenters. The van der Waals surface area contributed by atoms with Gasteiger partial charge in [0.05, 0.1) is 17.4 Å². The van der Waals surface area contributed by atoms with Crippen molar-refractivity contribution >= 4 is 11.3 Å². The van der Waals surface area contributed by atoms with Crippen LogP contribution >= 0.6 is 0 Å². The van der Waals surface area contributed by atoms with Crippen LogP contribution in [0.5, 0.6) is 0 Å². The van der Waals surface area contributed by atoms with Gasteiger partial charge in [-0.2, -0.15) is 0 Å². The SMILES string of the molecule is Cc1cc(C)cc(-c2ccc(-c3cc(C4=CC(c5ccccc5)NC(c5ccccc5)=C4)cc(-c4ccc(-c5cc(C)cc(C)c5)cn4)c3)nc2)c1. The van der Waals surface area contributed by atoms with E-state index in [1.54, 1.807) is 0 Å². The van der Waals surface area contributed by atoms with Crippen molar-refractivity contribution in [1.29, 1.82) is 0 Å². The van der Waals surface area contributed by atoms with Crippen LogP contribution in [0, 0.1) is 27.7 Å². The first-order chi connectivity index (χ1) is 25.3. The third kappa shape index (κ3) is 7.12. The first-order valence-electron chi connectivity index (χ1n) is 17.9. The largest absolute Gasteiger partial charge is 0.374 e. The highest BCUT2D eigenvalue weighted by atomic mass is 14.9. The Bertz CT molecular complexity index is 2290. The third-order valence-electron chi connectivity index (χ3n) is 9.70. The van der Waals surface area contributed by atoms with E-state index in [4.69, 9.17) is 9.97 Å². The molecule has 0 saturated carbocycles. The predicted molar refractivity (Wildman–Crippen MR) is 217 cm³/mol. The van der Waals surface area contributed by atoms with E-state index in [0.717, 1.165) is 56.0 Å². The second-order valence-corrected chi connectivity index (χ2v) is 14.0. The summed E-state index contributed by atoms with van der Waals surface area (Å²) >= 11 is 0. The minimum absolute atomic E-state index is 0.00824. The summed E-state index contributed by atoms with van der Waals surface area (Å²) in [4.78, 5) is 10.1. The van der Waals surface area contributed by atoms with Gasteiger partial charge in [0.25, 0.3) is 0 Å². The molecule has 0 radical (unpaired) electrons. The second-order valence-electron chi connectivity index (χ2n) is 14.0. The van der Waals surface area contributed by atoms with E-state index in [1.807, 2.05) is 12.4 Å². The van der Waals surface area contributed by atoms with Crippen LogP contribution in [0.15, 0.2) is 164 Å². The highest BCUT2D eigenvalue weighted by Crippen LogP contribution is 2.36. The van der Waals surface area contributed by atoms with Crippen molar-refractivity contribution < 1.29 is 0 Å². The van der Waals surface area contributed by atoms with Gasteiger partial charge in [-0.3, -0.25) is 9.97 Å². The van der Waals surface area contributed by atoms with Crippen LogP contribution < -0.4 is 5.32 Å². The molecule has 2 aromatic heterocycles. The van der Waals surface area contributed by atoms with Gasteiger partial charge in [0.2, 0.25) is 0 Å². The molecule has 0 saturated heterocycles. The number of benzene rings is 5. The molecular formula is C49H41N3. The minimum atomic E-state index is 0.00824. The molecule has 1 aliphatic rings. The average molecular weight is 672 g/mol. The molecule has 7 aromatic rings. The molecule has 0 aliphatic carbocycles. The summed E-state index contributed by atoms with van der Waals surface area (Å²) in [7, 11) is 0. The van der Waals surface area contributed by atoms with Gasteiger partial charge in [-0.1, -0.05) is 131 Å². The lowest BCUT2D eigenvalue weighted by Gasteiger charge is -2.26. The number of pyridine rings is 2. The van der Waals surface area contributed by atoms with Gasteiger partial charge in [-0.05, 0) is 104 Å². The number of allylic oxidation sites excluding steroid dienone is 2. The van der Waals surface area contributed by atoms with Crippen molar-refractivity contribution in [2.75, 3.05) is 0 Å². The summed E-state index contributed by atoms with van der Waals surface area (Å²) in [5.41, 5.74) is 19.2. The summed E-state index contributed by atoms with van der Waals surface area (Å²) in [6.07, 6.45) is 8.59. The molecule has 3 heteroatoms. The molecular weight excluding hydrogens is 631 g/mol. The molecule has 5 aromatic carbocycles. The molecule has 0 amide bonds. The van der Waals surface area contributed by atoms with Crippen LogP contribution in [-0.2, 0) is 0 Å². The Morgan fingerprint density at radius 1 is 0.423 bits per heavy atom. The van der Waals surface area contributed by atoms with Crippen LogP contribution in [0.2, 0.25) is 0 Å². The Morgan fingerprint density at radius 3 is 1.38 bits per heavy atom. The maximum atomic E-state index is 5.03. The van der Waals surface area contributed by atoms with Gasteiger partial charge in [0.1, 0.15) is 0 Å². The highest BCUT2D eigenvalue weighted by molar-refractivity contribution is 5.89. The molecule has 8 rings (SSSR count). The number of hydrogen-bond acceptors (Lipinski definition) is 3. The summed E-state index contributed by atoms with van der Waals surface area (Å²) in [6.45, 7) is 8.57. The first kappa shape index (κ1) is 32.9. The zero-order chi connectivity index (χ0) is 35.6. The maximum absolute atomic E-state index is 5.03. The summed E-state index contributed by atoms with van der Waals surface area (Å²) in [5, 5.41) is 3.80. The van der Waals surface area contributed by atoms with Gasteiger partial charge in [0.15, 0.2) is 0 Å². The van der Waals surface area contributed by atoms with Crippen molar-refractivity contribution in [3.8, 4) is 44.8 Å². The van der Waals surface area contributed by atoms with E-state index in [9.17, 15) is 0 Å². The first-order valence-corrected chi connectivity index (χ1v) is 17.9. The Labute approximate surface area is 307 Å². The molecule has 1 N–H and O–H groups in total. The molecule has 52 heavy (non-hydrogen) atoms. The molecule has 3 nitrogen and oxygen atoms in total. The van der Waals surface area contributed by atoms with Gasteiger partial charge in [0, 0.05) is 40.3 Å². The van der Waals surface area contributed by atoms with Crippen molar-refractivity contribution in [3.05, 3.63) is 203 Å². The molecule has 0 fully saturated rings. The van der Waals surface area contributed by atoms with Crippen molar-refractivity contribution in [1.82, 2.24) is 15.3 Å². The fraction of sp³-hybridized carbons (Fsp3) is 0.102. The standard InChI is InChI=1S/C49H41N3/c1-32-19-33(2)22-40(21-32)38-15-17-46(50-30-38)44-25-42(26-45(27-44)47-18-16-39(31-51-47)41-23-34(3)20-35(4)24-41)43-28-48(36-11-7-5-8-12-36)52-49(29-43)37-13-9-6-10-14-37/h5-31,48,52H,1-4H3. The molecule has 3 heterocycles. The topological polar surface area (TPSA) is 37.8 Å². The molecule has 0 bridgehead atoms. The van der Waals surface area contributed by atoms with Crippen LogP contribution in [0.4, 0.5) is 0 Å². The number of nitrogens with one attached hydrogen (secondary N) is 1. The van der Waals surface area contributed by atoms with E-state index < -0.39 is 0 Å². The van der Waals surface area contributed by atoms with Crippen molar-refractivity contribution in [3.63, 3.8) is 0 Å². The number of rotatable bonds is 7. The van der Waals surface area contributed by atoms with Crippen LogP contribution in [0.25, 0.3) is 56.0 Å². The molecule has 1 aliphatic heterocycles. The predicted octanol–water partition coefficient (Wildman–Crippen LogP) is 12.1. The van der Waals surface area contributed by atoms with Gasteiger partial charge in [-0.25, -0.2) is 0 Å². The Morgan fingerprint density at radius 2 is 0.904 bits per heavy atom. The number of nitrogens with zero attached hydrogens (tertiary/aromatic N) is 2. The smallest absolute Gasteiger partial charge is 0.0707 e. The lowest BCUT2D eigenvalue weighted by atomic mass is 9.90. The third-order valence-corrected chi connectivity index (χ3v) is 9.70. The van der Waals surface area contributed by atoms with E-state index >= 15 is 0 Å². The number of dihydropyridines is 1. The summed E-state index contributed by atoms with van der Waals surface area (Å²) < 4.78 is 0. The van der Waals surface area contributed by atoms with Gasteiger partial charge in [-0.15, -0.1) is 0 Å². The number of aromatic nitrogens is 2. The van der Waals surface area contributed by atoms with Crippen molar-refractivity contribution in [2.45, 2.75) is 33.7 Å². The number of aryl methyl sites for hydroxylation is 4. The summed E-state index contributed by atoms with van der Waals surface area (Å²) in [6, 6.07) is 49.9. The minimum Gasteiger partial charge on any atom is -0.374 e. The van der Waals surface area contributed by atoms with Crippen molar-refractivity contribution in [2.24, 2.45) is 0 Å². The van der Waals surface area contributed by atoms with Crippen LogP contribution in [0.3, 0.4) is 0 Å². The second kappa shape index (κ2) is 14.1. The van der Waals surface area contributed by atoms with E-state index in [1.165, 1.54) is 38.9 Å². The number of hydrogen-bond donors (Lipinski definition) is 1. The van der Waals surface area contributed by atoms with Crippen LogP contribution in [-0.4, -0.2) is 9.97 Å². The summed E-state index contributed by atoms with van der Waals surface area (Å²) in [5.74, 6) is 0. The Kier molecular flexibility index (Phi) is 8.93. The van der Waals surface area contributed by atoms with E-state index in [-0.39, 0.29) is 6.04 Å². The average Bonchev–Trinajstić information content (AvgIpc) is 3.17. The monoisotopic (exact) mass is 671 g/mol. The Hall–Kier alpha value is -6.32. The zero-order valence-electron chi connectivity index (χ0n) is 30.1. The van der Waals surface area contributed by atoms with Crippen LogP contribution in [0.1, 0.15) is 45.0 Å². The normalized spacial score (nSPS) is 14.0. The van der Waals surface area contributed by atoms with Gasteiger partial charge < -0.3 is 5.32 Å². The fourth-order valence-corrected chi connectivity index (χ4v) is 7.28. The fourth-order valence-electron chi connectivity index (χ4n) is 7.28. The highest BCUT2D eigenvalue weighted by Gasteiger charge is 2.20. The van der Waals surface area contributed by atoms with E-state index in [2.05, 4.69) is 185 Å². The van der Waals surface area contributed by atoms with Gasteiger partial charge >= 0.3 is 0 Å². The quantitative estimate of drug-likeness (QED) is 0.183. The lowest BCUT2D eigenvalue weighted by Crippen LogP contribution is -2.21.